The van der Waals surface area contributed by atoms with Crippen molar-refractivity contribution in [2.75, 3.05) is 26.2 Å². The van der Waals surface area contributed by atoms with Crippen molar-refractivity contribution >= 4 is 6.47 Å². The third-order valence-electron chi connectivity index (χ3n) is 3.24. The van der Waals surface area contributed by atoms with Gasteiger partial charge in [-0.15, -0.1) is 0 Å². The molecule has 19 heavy (non-hydrogen) atoms. The standard InChI is InChI=1S/C12H19N3O.CH2O2/c16-8-7-15-5-1-11(2-6-15)9-12-10-13-3-4-14-12;2-1-3/h3-4,10-11,16H,1-2,5-9H2;1H,(H,2,3). The zero-order valence-electron chi connectivity index (χ0n) is 11.0. The molecule has 2 heterocycles. The zero-order chi connectivity index (χ0) is 13.9. The van der Waals surface area contributed by atoms with Crippen molar-refractivity contribution in [2.45, 2.75) is 19.3 Å². The third-order valence-corrected chi connectivity index (χ3v) is 3.24. The molecular weight excluding hydrogens is 246 g/mol. The van der Waals surface area contributed by atoms with Gasteiger partial charge < -0.3 is 15.1 Å². The maximum Gasteiger partial charge on any atom is 0.290 e. The van der Waals surface area contributed by atoms with Gasteiger partial charge in [-0.25, -0.2) is 0 Å². The van der Waals surface area contributed by atoms with Gasteiger partial charge in [0.05, 0.1) is 12.3 Å². The van der Waals surface area contributed by atoms with Gasteiger partial charge in [0.15, 0.2) is 0 Å². The summed E-state index contributed by atoms with van der Waals surface area (Å²) >= 11 is 0. The second-order valence-corrected chi connectivity index (χ2v) is 4.51. The number of hydrogen-bond acceptors (Lipinski definition) is 5. The summed E-state index contributed by atoms with van der Waals surface area (Å²) in [7, 11) is 0. The first-order chi connectivity index (χ1) is 9.30. The molecule has 1 saturated heterocycles. The van der Waals surface area contributed by atoms with E-state index in [0.717, 1.165) is 37.7 Å². The average molecular weight is 267 g/mol. The number of carbonyl (C=O) groups is 1. The first-order valence-electron chi connectivity index (χ1n) is 6.46. The minimum atomic E-state index is -0.250. The highest BCUT2D eigenvalue weighted by Crippen LogP contribution is 2.20. The Balaban J connectivity index is 0.000000550. The highest BCUT2D eigenvalue weighted by Gasteiger charge is 2.19. The number of aromatic nitrogens is 2. The summed E-state index contributed by atoms with van der Waals surface area (Å²) in [6.45, 7) is 3.05. The van der Waals surface area contributed by atoms with Crippen LogP contribution in [0.3, 0.4) is 0 Å². The van der Waals surface area contributed by atoms with Crippen LogP contribution in [0.2, 0.25) is 0 Å². The molecule has 1 aromatic heterocycles. The van der Waals surface area contributed by atoms with Crippen LogP contribution < -0.4 is 0 Å². The fraction of sp³-hybridized carbons (Fsp3) is 0.615. The molecule has 1 aromatic rings. The zero-order valence-corrected chi connectivity index (χ0v) is 11.0. The molecule has 0 unspecified atom stereocenters. The normalized spacial score (nSPS) is 16.5. The molecule has 1 fully saturated rings. The Hall–Kier alpha value is -1.53. The molecule has 1 aliphatic rings. The average Bonchev–Trinajstić information content (AvgIpc) is 2.43. The van der Waals surface area contributed by atoms with Crippen molar-refractivity contribution in [3.8, 4) is 0 Å². The summed E-state index contributed by atoms with van der Waals surface area (Å²) in [6.07, 6.45) is 8.79. The number of aliphatic hydroxyl groups is 1. The van der Waals surface area contributed by atoms with Gasteiger partial charge in [-0.1, -0.05) is 0 Å². The number of nitrogens with zero attached hydrogens (tertiary/aromatic N) is 3. The number of aliphatic hydroxyl groups excluding tert-OH is 1. The number of piperidine rings is 1. The Labute approximate surface area is 113 Å². The van der Waals surface area contributed by atoms with Crippen LogP contribution in [-0.4, -0.2) is 57.8 Å². The monoisotopic (exact) mass is 267 g/mol. The van der Waals surface area contributed by atoms with Gasteiger partial charge in [-0.05, 0) is 38.3 Å². The Kier molecular flexibility index (Phi) is 7.69. The van der Waals surface area contributed by atoms with Gasteiger partial charge in [0, 0.05) is 25.1 Å². The van der Waals surface area contributed by atoms with Gasteiger partial charge in [-0.3, -0.25) is 14.8 Å². The van der Waals surface area contributed by atoms with E-state index in [-0.39, 0.29) is 13.1 Å². The molecular formula is C13H21N3O3. The molecule has 6 heteroatoms. The minimum absolute atomic E-state index is 0.250. The fourth-order valence-corrected chi connectivity index (χ4v) is 2.29. The Bertz CT molecular complexity index is 340. The number of carboxylic acid groups (broad SMARTS) is 1. The van der Waals surface area contributed by atoms with E-state index < -0.39 is 0 Å². The van der Waals surface area contributed by atoms with Gasteiger partial charge >= 0.3 is 0 Å². The second-order valence-electron chi connectivity index (χ2n) is 4.51. The first kappa shape index (κ1) is 15.5. The number of hydrogen-bond donors (Lipinski definition) is 2. The Morgan fingerprint density at radius 1 is 1.37 bits per heavy atom. The van der Waals surface area contributed by atoms with E-state index in [4.69, 9.17) is 15.0 Å². The van der Waals surface area contributed by atoms with E-state index in [9.17, 15) is 0 Å². The lowest BCUT2D eigenvalue weighted by Crippen LogP contribution is -2.36. The van der Waals surface area contributed by atoms with Crippen molar-refractivity contribution in [2.24, 2.45) is 5.92 Å². The number of β-amino-alcohol motifs (C(OH)–C–C–N with tert-alkyl or cyclic N) is 1. The molecule has 0 amide bonds. The maximum atomic E-state index is 8.86. The predicted molar refractivity (Wildman–Crippen MR) is 70.7 cm³/mol. The lowest BCUT2D eigenvalue weighted by atomic mass is 9.92. The van der Waals surface area contributed by atoms with Crippen molar-refractivity contribution in [1.82, 2.24) is 14.9 Å². The van der Waals surface area contributed by atoms with Crippen molar-refractivity contribution in [3.63, 3.8) is 0 Å². The van der Waals surface area contributed by atoms with E-state index in [1.807, 2.05) is 6.20 Å². The van der Waals surface area contributed by atoms with E-state index in [2.05, 4.69) is 14.9 Å². The molecule has 2 rings (SSSR count). The van der Waals surface area contributed by atoms with Crippen LogP contribution in [0, 0.1) is 5.92 Å². The molecule has 0 spiro atoms. The smallest absolute Gasteiger partial charge is 0.290 e. The maximum absolute atomic E-state index is 8.86. The van der Waals surface area contributed by atoms with Crippen LogP contribution in [0.25, 0.3) is 0 Å². The molecule has 0 aromatic carbocycles. The Morgan fingerprint density at radius 2 is 2.05 bits per heavy atom. The molecule has 0 bridgehead atoms. The lowest BCUT2D eigenvalue weighted by Gasteiger charge is -2.31. The fourth-order valence-electron chi connectivity index (χ4n) is 2.29. The van der Waals surface area contributed by atoms with E-state index in [1.54, 1.807) is 12.4 Å². The van der Waals surface area contributed by atoms with Crippen LogP contribution in [0.5, 0.6) is 0 Å². The van der Waals surface area contributed by atoms with Crippen molar-refractivity contribution in [1.29, 1.82) is 0 Å². The van der Waals surface area contributed by atoms with E-state index in [0.29, 0.717) is 0 Å². The van der Waals surface area contributed by atoms with Crippen LogP contribution in [-0.2, 0) is 11.2 Å². The van der Waals surface area contributed by atoms with Crippen molar-refractivity contribution in [3.05, 3.63) is 24.3 Å². The summed E-state index contributed by atoms with van der Waals surface area (Å²) in [4.78, 5) is 19.1. The molecule has 0 aliphatic carbocycles. The second kappa shape index (κ2) is 9.41. The molecule has 1 aliphatic heterocycles. The largest absolute Gasteiger partial charge is 0.483 e. The molecule has 0 saturated carbocycles. The van der Waals surface area contributed by atoms with Crippen LogP contribution in [0.4, 0.5) is 0 Å². The summed E-state index contributed by atoms with van der Waals surface area (Å²) < 4.78 is 0. The van der Waals surface area contributed by atoms with Crippen LogP contribution in [0.15, 0.2) is 18.6 Å². The summed E-state index contributed by atoms with van der Waals surface area (Å²) in [5.74, 6) is 0.728. The summed E-state index contributed by atoms with van der Waals surface area (Å²) in [6, 6.07) is 0. The first-order valence-corrected chi connectivity index (χ1v) is 6.46. The van der Waals surface area contributed by atoms with Gasteiger partial charge in [-0.2, -0.15) is 0 Å². The third kappa shape index (κ3) is 6.26. The molecule has 0 radical (unpaired) electrons. The number of rotatable bonds is 4. The summed E-state index contributed by atoms with van der Waals surface area (Å²) in [5, 5.41) is 15.7. The highest BCUT2D eigenvalue weighted by atomic mass is 16.3. The lowest BCUT2D eigenvalue weighted by molar-refractivity contribution is -0.122. The molecule has 0 atom stereocenters. The van der Waals surface area contributed by atoms with Crippen LogP contribution >= 0.6 is 0 Å². The molecule has 2 N–H and O–H groups in total. The topological polar surface area (TPSA) is 86.5 Å². The van der Waals surface area contributed by atoms with Crippen LogP contribution in [0.1, 0.15) is 18.5 Å². The number of likely N-dealkylation sites (tertiary alicyclic amines) is 1. The molecule has 6 nitrogen and oxygen atoms in total. The van der Waals surface area contributed by atoms with Gasteiger partial charge in [0.25, 0.3) is 6.47 Å². The summed E-state index contributed by atoms with van der Waals surface area (Å²) in [5.41, 5.74) is 1.10. The highest BCUT2D eigenvalue weighted by molar-refractivity contribution is 5.32. The SMILES string of the molecule is O=CO.OCCN1CCC(Cc2cnccn2)CC1. The van der Waals surface area contributed by atoms with Gasteiger partial charge in [0.2, 0.25) is 0 Å². The van der Waals surface area contributed by atoms with Crippen molar-refractivity contribution < 1.29 is 15.0 Å². The molecule has 106 valence electrons. The predicted octanol–water partition coefficient (Wildman–Crippen LogP) is 0.424. The van der Waals surface area contributed by atoms with Gasteiger partial charge in [0.1, 0.15) is 0 Å². The van der Waals surface area contributed by atoms with E-state index >= 15 is 0 Å². The minimum Gasteiger partial charge on any atom is -0.483 e. The Morgan fingerprint density at radius 3 is 2.58 bits per heavy atom. The van der Waals surface area contributed by atoms with E-state index in [1.165, 1.54) is 12.8 Å². The quantitative estimate of drug-likeness (QED) is 0.769.